The van der Waals surface area contributed by atoms with E-state index in [1.807, 2.05) is 30.3 Å². The van der Waals surface area contributed by atoms with Crippen molar-refractivity contribution in [3.8, 4) is 0 Å². The van der Waals surface area contributed by atoms with Gasteiger partial charge < -0.3 is 9.64 Å². The first kappa shape index (κ1) is 9.77. The molecule has 3 heteroatoms. The number of allylic oxidation sites excluding steroid dienone is 4. The van der Waals surface area contributed by atoms with Crippen LogP contribution < -0.4 is 0 Å². The highest BCUT2D eigenvalue weighted by Crippen LogP contribution is 2.37. The van der Waals surface area contributed by atoms with Crippen LogP contribution in [-0.4, -0.2) is 25.0 Å². The number of carbonyl (C=O) groups is 1. The smallest absolute Gasteiger partial charge is 0.336 e. The summed E-state index contributed by atoms with van der Waals surface area (Å²) in [4.78, 5) is 13.4. The number of nitrogens with zero attached hydrogens (tertiary/aromatic N) is 1. The molecular formula is C12H13NO2. The standard InChI is InChI=1S/C12H13NO2/c1-8-4-5-9-10(8)6-13(2)7-11(9)12(14)15-3/h4-7,9H,1H2,2-3H3/t9-/m0/s1. The van der Waals surface area contributed by atoms with Gasteiger partial charge in [-0.25, -0.2) is 4.79 Å². The van der Waals surface area contributed by atoms with Gasteiger partial charge in [0, 0.05) is 25.4 Å². The molecule has 15 heavy (non-hydrogen) atoms. The lowest BCUT2D eigenvalue weighted by molar-refractivity contribution is -0.136. The summed E-state index contributed by atoms with van der Waals surface area (Å²) in [5, 5.41) is 0. The largest absolute Gasteiger partial charge is 0.466 e. The Morgan fingerprint density at radius 1 is 1.53 bits per heavy atom. The zero-order valence-electron chi connectivity index (χ0n) is 8.86. The first-order chi connectivity index (χ1) is 7.13. The van der Waals surface area contributed by atoms with Gasteiger partial charge in [-0.2, -0.15) is 0 Å². The van der Waals surface area contributed by atoms with Gasteiger partial charge >= 0.3 is 5.97 Å². The van der Waals surface area contributed by atoms with Gasteiger partial charge in [0.25, 0.3) is 0 Å². The third-order valence-electron chi connectivity index (χ3n) is 2.64. The Balaban J connectivity index is 2.38. The second-order valence-electron chi connectivity index (χ2n) is 3.69. The lowest BCUT2D eigenvalue weighted by Gasteiger charge is -2.24. The molecule has 0 spiro atoms. The van der Waals surface area contributed by atoms with Gasteiger partial charge in [-0.15, -0.1) is 0 Å². The van der Waals surface area contributed by atoms with Crippen molar-refractivity contribution in [2.45, 2.75) is 0 Å². The van der Waals surface area contributed by atoms with E-state index in [0.29, 0.717) is 5.57 Å². The number of esters is 1. The summed E-state index contributed by atoms with van der Waals surface area (Å²) in [7, 11) is 3.28. The van der Waals surface area contributed by atoms with Crippen molar-refractivity contribution in [3.05, 3.63) is 47.9 Å². The number of hydrogen-bond acceptors (Lipinski definition) is 3. The summed E-state index contributed by atoms with van der Waals surface area (Å²) in [6.45, 7) is 3.93. The average molecular weight is 203 g/mol. The van der Waals surface area contributed by atoms with E-state index < -0.39 is 0 Å². The zero-order valence-corrected chi connectivity index (χ0v) is 8.86. The van der Waals surface area contributed by atoms with Crippen LogP contribution in [0.2, 0.25) is 0 Å². The van der Waals surface area contributed by atoms with E-state index in [9.17, 15) is 4.79 Å². The molecule has 1 heterocycles. The number of ether oxygens (including phenoxy) is 1. The average Bonchev–Trinajstić information content (AvgIpc) is 2.58. The van der Waals surface area contributed by atoms with E-state index in [1.54, 1.807) is 6.20 Å². The van der Waals surface area contributed by atoms with E-state index in [1.165, 1.54) is 7.11 Å². The van der Waals surface area contributed by atoms with E-state index >= 15 is 0 Å². The molecule has 3 nitrogen and oxygen atoms in total. The van der Waals surface area contributed by atoms with Crippen LogP contribution in [0.25, 0.3) is 0 Å². The predicted molar refractivity (Wildman–Crippen MR) is 57.7 cm³/mol. The third kappa shape index (κ3) is 1.50. The van der Waals surface area contributed by atoms with Crippen molar-refractivity contribution in [1.82, 2.24) is 4.90 Å². The Kier molecular flexibility index (Phi) is 2.23. The second-order valence-corrected chi connectivity index (χ2v) is 3.69. The molecule has 0 aromatic heterocycles. The van der Waals surface area contributed by atoms with Crippen LogP contribution in [0.5, 0.6) is 0 Å². The molecule has 0 unspecified atom stereocenters. The van der Waals surface area contributed by atoms with Crippen molar-refractivity contribution in [3.63, 3.8) is 0 Å². The highest BCUT2D eigenvalue weighted by molar-refractivity contribution is 5.91. The monoisotopic (exact) mass is 203 g/mol. The maximum atomic E-state index is 11.6. The molecule has 0 aromatic rings. The molecule has 2 aliphatic rings. The molecule has 0 bridgehead atoms. The Morgan fingerprint density at radius 3 is 2.93 bits per heavy atom. The zero-order chi connectivity index (χ0) is 11.0. The number of fused-ring (bicyclic) bond motifs is 1. The molecule has 0 amide bonds. The molecule has 0 radical (unpaired) electrons. The summed E-state index contributed by atoms with van der Waals surface area (Å²) in [5.41, 5.74) is 2.69. The highest BCUT2D eigenvalue weighted by Gasteiger charge is 2.30. The molecule has 0 saturated carbocycles. The molecule has 0 N–H and O–H groups in total. The van der Waals surface area contributed by atoms with Gasteiger partial charge in [0.2, 0.25) is 0 Å². The maximum absolute atomic E-state index is 11.6. The topological polar surface area (TPSA) is 29.5 Å². The van der Waals surface area contributed by atoms with Crippen LogP contribution in [0.1, 0.15) is 0 Å². The van der Waals surface area contributed by atoms with Gasteiger partial charge in [0.05, 0.1) is 12.7 Å². The number of hydrogen-bond donors (Lipinski definition) is 0. The first-order valence-electron chi connectivity index (χ1n) is 4.74. The molecule has 1 atom stereocenters. The fraction of sp³-hybridized carbons (Fsp3) is 0.250. The maximum Gasteiger partial charge on any atom is 0.336 e. The van der Waals surface area contributed by atoms with Crippen LogP contribution in [-0.2, 0) is 9.53 Å². The van der Waals surface area contributed by atoms with Crippen molar-refractivity contribution in [2.24, 2.45) is 5.92 Å². The van der Waals surface area contributed by atoms with Crippen molar-refractivity contribution in [1.29, 1.82) is 0 Å². The molecular weight excluding hydrogens is 190 g/mol. The minimum atomic E-state index is -0.281. The van der Waals surface area contributed by atoms with Crippen LogP contribution in [0, 0.1) is 5.92 Å². The lowest BCUT2D eigenvalue weighted by Crippen LogP contribution is -2.21. The summed E-state index contributed by atoms with van der Waals surface area (Å²) in [5.74, 6) is -0.266. The molecule has 0 aromatic carbocycles. The van der Waals surface area contributed by atoms with Gasteiger partial charge in [-0.3, -0.25) is 0 Å². The second kappa shape index (κ2) is 3.42. The van der Waals surface area contributed by atoms with E-state index in [0.717, 1.165) is 11.1 Å². The minimum absolute atomic E-state index is 0.0150. The summed E-state index contributed by atoms with van der Waals surface area (Å²) < 4.78 is 4.76. The van der Waals surface area contributed by atoms with Gasteiger partial charge in [-0.05, 0) is 11.1 Å². The highest BCUT2D eigenvalue weighted by atomic mass is 16.5. The Labute approximate surface area is 89.0 Å². The van der Waals surface area contributed by atoms with E-state index in [-0.39, 0.29) is 11.9 Å². The molecule has 2 rings (SSSR count). The Hall–Kier alpha value is -1.77. The summed E-state index contributed by atoms with van der Waals surface area (Å²) >= 11 is 0. The number of carbonyl (C=O) groups excluding carboxylic acids is 1. The van der Waals surface area contributed by atoms with Crippen molar-refractivity contribution >= 4 is 5.97 Å². The molecule has 0 saturated heterocycles. The fourth-order valence-corrected chi connectivity index (χ4v) is 1.90. The first-order valence-corrected chi connectivity index (χ1v) is 4.74. The number of rotatable bonds is 1. The molecule has 1 aliphatic heterocycles. The summed E-state index contributed by atoms with van der Waals surface area (Å²) in [6.07, 6.45) is 7.69. The Morgan fingerprint density at radius 2 is 2.27 bits per heavy atom. The van der Waals surface area contributed by atoms with Gasteiger partial charge in [-0.1, -0.05) is 18.7 Å². The van der Waals surface area contributed by atoms with Crippen LogP contribution in [0.3, 0.4) is 0 Å². The normalized spacial score (nSPS) is 23.5. The lowest BCUT2D eigenvalue weighted by atomic mass is 9.91. The van der Waals surface area contributed by atoms with Crippen LogP contribution in [0.4, 0.5) is 0 Å². The third-order valence-corrected chi connectivity index (χ3v) is 2.64. The molecule has 0 fully saturated rings. The van der Waals surface area contributed by atoms with Crippen LogP contribution >= 0.6 is 0 Å². The summed E-state index contributed by atoms with van der Waals surface area (Å²) in [6, 6.07) is 0. The quantitative estimate of drug-likeness (QED) is 0.606. The number of methoxy groups -OCH3 is 1. The van der Waals surface area contributed by atoms with Crippen LogP contribution in [0.15, 0.2) is 47.9 Å². The van der Waals surface area contributed by atoms with E-state index in [2.05, 4.69) is 6.58 Å². The predicted octanol–water partition coefficient (Wildman–Crippen LogP) is 1.61. The Bertz CT molecular complexity index is 415. The fourth-order valence-electron chi connectivity index (χ4n) is 1.90. The SMILES string of the molecule is C=C1C=C[C@H]2C1=CN(C)C=C2C(=O)OC. The van der Waals surface area contributed by atoms with Gasteiger partial charge in [0.15, 0.2) is 0 Å². The molecule has 1 aliphatic carbocycles. The van der Waals surface area contributed by atoms with Crippen molar-refractivity contribution in [2.75, 3.05) is 14.2 Å². The van der Waals surface area contributed by atoms with Gasteiger partial charge in [0.1, 0.15) is 0 Å². The minimum Gasteiger partial charge on any atom is -0.466 e. The van der Waals surface area contributed by atoms with E-state index in [4.69, 9.17) is 4.74 Å². The van der Waals surface area contributed by atoms with Crippen molar-refractivity contribution < 1.29 is 9.53 Å². The molecule has 78 valence electrons.